The summed E-state index contributed by atoms with van der Waals surface area (Å²) in [5.41, 5.74) is 2.80. The van der Waals surface area contributed by atoms with Crippen molar-refractivity contribution in [2.75, 3.05) is 10.6 Å². The standard InChI is InChI=1S/C21H17ClN4S/c22-19-10-4-2-7-16(19)13-26-14-17(12-23-26)24-21(27)25-20-11-5-8-15-6-1-3-9-18(15)20/h1-12,14H,13H2,(H2,24,25,27). The minimum Gasteiger partial charge on any atom is -0.332 e. The SMILES string of the molecule is S=C(Nc1cnn(Cc2ccccc2Cl)c1)Nc1cccc2ccccc12. The van der Waals surface area contributed by atoms with Gasteiger partial charge in [-0.2, -0.15) is 5.10 Å². The lowest BCUT2D eigenvalue weighted by Gasteiger charge is -2.11. The summed E-state index contributed by atoms with van der Waals surface area (Å²) in [6.07, 6.45) is 3.65. The van der Waals surface area contributed by atoms with Crippen molar-refractivity contribution in [2.45, 2.75) is 6.54 Å². The smallest absolute Gasteiger partial charge is 0.175 e. The topological polar surface area (TPSA) is 41.9 Å². The van der Waals surface area contributed by atoms with Crippen LogP contribution in [0.4, 0.5) is 11.4 Å². The summed E-state index contributed by atoms with van der Waals surface area (Å²) < 4.78 is 1.82. The van der Waals surface area contributed by atoms with Crippen molar-refractivity contribution in [1.29, 1.82) is 0 Å². The maximum Gasteiger partial charge on any atom is 0.175 e. The lowest BCUT2D eigenvalue weighted by Crippen LogP contribution is -2.18. The van der Waals surface area contributed by atoms with Crippen molar-refractivity contribution in [2.24, 2.45) is 0 Å². The van der Waals surface area contributed by atoms with Gasteiger partial charge in [0, 0.05) is 22.3 Å². The molecule has 3 aromatic carbocycles. The van der Waals surface area contributed by atoms with Gasteiger partial charge >= 0.3 is 0 Å². The number of anilines is 2. The van der Waals surface area contributed by atoms with E-state index in [1.165, 1.54) is 0 Å². The van der Waals surface area contributed by atoms with Crippen molar-refractivity contribution in [3.63, 3.8) is 0 Å². The first-order valence-electron chi connectivity index (χ1n) is 8.51. The van der Waals surface area contributed by atoms with Crippen LogP contribution in [0, 0.1) is 0 Å². The molecule has 27 heavy (non-hydrogen) atoms. The summed E-state index contributed by atoms with van der Waals surface area (Å²) in [7, 11) is 0. The normalized spacial score (nSPS) is 10.7. The van der Waals surface area contributed by atoms with Crippen molar-refractivity contribution in [1.82, 2.24) is 9.78 Å². The minimum absolute atomic E-state index is 0.517. The van der Waals surface area contributed by atoms with E-state index in [-0.39, 0.29) is 0 Å². The zero-order valence-electron chi connectivity index (χ0n) is 14.4. The zero-order chi connectivity index (χ0) is 18.6. The average molecular weight is 393 g/mol. The first-order valence-corrected chi connectivity index (χ1v) is 9.29. The third kappa shape index (κ3) is 4.10. The maximum atomic E-state index is 6.22. The van der Waals surface area contributed by atoms with E-state index in [1.54, 1.807) is 6.20 Å². The molecule has 2 N–H and O–H groups in total. The molecule has 0 spiro atoms. The molecule has 0 saturated heterocycles. The Morgan fingerprint density at radius 1 is 0.963 bits per heavy atom. The molecule has 1 aromatic heterocycles. The predicted octanol–water partition coefficient (Wildman–Crippen LogP) is 5.55. The fourth-order valence-corrected chi connectivity index (χ4v) is 3.36. The van der Waals surface area contributed by atoms with E-state index in [0.717, 1.165) is 32.7 Å². The van der Waals surface area contributed by atoms with Gasteiger partial charge in [-0.3, -0.25) is 4.68 Å². The molecule has 0 aliphatic rings. The van der Waals surface area contributed by atoms with Crippen LogP contribution < -0.4 is 10.6 Å². The Kier molecular flexibility index (Phi) is 5.05. The van der Waals surface area contributed by atoms with Crippen LogP contribution in [0.2, 0.25) is 5.02 Å². The Morgan fingerprint density at radius 3 is 2.63 bits per heavy atom. The molecule has 6 heteroatoms. The van der Waals surface area contributed by atoms with E-state index in [2.05, 4.69) is 33.9 Å². The van der Waals surface area contributed by atoms with Crippen molar-refractivity contribution >= 4 is 51.1 Å². The summed E-state index contributed by atoms with van der Waals surface area (Å²) in [5.74, 6) is 0. The summed E-state index contributed by atoms with van der Waals surface area (Å²) in [6.45, 7) is 0.602. The lowest BCUT2D eigenvalue weighted by molar-refractivity contribution is 0.687. The summed E-state index contributed by atoms with van der Waals surface area (Å²) in [6, 6.07) is 22.0. The molecule has 0 aliphatic carbocycles. The molecule has 0 unspecified atom stereocenters. The second-order valence-electron chi connectivity index (χ2n) is 6.12. The highest BCUT2D eigenvalue weighted by molar-refractivity contribution is 7.80. The molecule has 0 saturated carbocycles. The van der Waals surface area contributed by atoms with Gasteiger partial charge in [0.2, 0.25) is 0 Å². The van der Waals surface area contributed by atoms with Gasteiger partial charge < -0.3 is 10.6 Å². The number of halogens is 1. The molecule has 0 bridgehead atoms. The van der Waals surface area contributed by atoms with E-state index < -0.39 is 0 Å². The molecule has 0 amide bonds. The molecule has 0 radical (unpaired) electrons. The zero-order valence-corrected chi connectivity index (χ0v) is 16.0. The highest BCUT2D eigenvalue weighted by Crippen LogP contribution is 2.23. The van der Waals surface area contributed by atoms with Gasteiger partial charge in [0.05, 0.1) is 18.4 Å². The van der Waals surface area contributed by atoms with Crippen LogP contribution in [0.1, 0.15) is 5.56 Å². The van der Waals surface area contributed by atoms with Crippen LogP contribution in [0.3, 0.4) is 0 Å². The van der Waals surface area contributed by atoms with Crippen LogP contribution in [0.15, 0.2) is 79.1 Å². The molecule has 4 rings (SSSR count). The molecule has 4 nitrogen and oxygen atoms in total. The predicted molar refractivity (Wildman–Crippen MR) is 117 cm³/mol. The van der Waals surface area contributed by atoms with E-state index in [0.29, 0.717) is 11.7 Å². The number of nitrogens with zero attached hydrogens (tertiary/aromatic N) is 2. The van der Waals surface area contributed by atoms with Crippen LogP contribution >= 0.6 is 23.8 Å². The maximum absolute atomic E-state index is 6.22. The highest BCUT2D eigenvalue weighted by Gasteiger charge is 2.06. The molecule has 0 atom stereocenters. The molecule has 134 valence electrons. The first kappa shape index (κ1) is 17.5. The first-order chi connectivity index (χ1) is 13.2. The quantitative estimate of drug-likeness (QED) is 0.447. The van der Waals surface area contributed by atoms with Gasteiger partial charge in [0.25, 0.3) is 0 Å². The van der Waals surface area contributed by atoms with Gasteiger partial charge in [-0.05, 0) is 35.3 Å². The van der Waals surface area contributed by atoms with Gasteiger partial charge in [0.1, 0.15) is 0 Å². The number of hydrogen-bond donors (Lipinski definition) is 2. The number of hydrogen-bond acceptors (Lipinski definition) is 2. The highest BCUT2D eigenvalue weighted by atomic mass is 35.5. The minimum atomic E-state index is 0.517. The van der Waals surface area contributed by atoms with Crippen LogP contribution in [-0.4, -0.2) is 14.9 Å². The summed E-state index contributed by atoms with van der Waals surface area (Å²) in [4.78, 5) is 0. The number of aromatic nitrogens is 2. The second-order valence-corrected chi connectivity index (χ2v) is 6.94. The van der Waals surface area contributed by atoms with E-state index in [9.17, 15) is 0 Å². The van der Waals surface area contributed by atoms with Gasteiger partial charge in [-0.1, -0.05) is 66.2 Å². The van der Waals surface area contributed by atoms with Gasteiger partial charge in [-0.15, -0.1) is 0 Å². The average Bonchev–Trinajstić information content (AvgIpc) is 3.11. The summed E-state index contributed by atoms with van der Waals surface area (Å²) >= 11 is 11.7. The molecule has 4 aromatic rings. The third-order valence-corrected chi connectivity index (χ3v) is 4.79. The van der Waals surface area contributed by atoms with E-state index >= 15 is 0 Å². The fraction of sp³-hybridized carbons (Fsp3) is 0.0476. The molecule has 1 heterocycles. The van der Waals surface area contributed by atoms with E-state index in [4.69, 9.17) is 23.8 Å². The second kappa shape index (κ2) is 7.78. The molecule has 0 aliphatic heterocycles. The molecule has 0 fully saturated rings. The number of rotatable bonds is 4. The van der Waals surface area contributed by atoms with Crippen LogP contribution in [0.25, 0.3) is 10.8 Å². The Hall–Kier alpha value is -2.89. The monoisotopic (exact) mass is 392 g/mol. The molecular weight excluding hydrogens is 376 g/mol. The number of thiocarbonyl (C=S) groups is 1. The Bertz CT molecular complexity index is 1100. The largest absolute Gasteiger partial charge is 0.332 e. The summed E-state index contributed by atoms with van der Waals surface area (Å²) in [5, 5.41) is 14.4. The third-order valence-electron chi connectivity index (χ3n) is 4.22. The van der Waals surface area contributed by atoms with Crippen LogP contribution in [0.5, 0.6) is 0 Å². The van der Waals surface area contributed by atoms with Gasteiger partial charge in [-0.25, -0.2) is 0 Å². The Balaban J connectivity index is 1.44. The lowest BCUT2D eigenvalue weighted by atomic mass is 10.1. The van der Waals surface area contributed by atoms with Crippen molar-refractivity contribution in [3.05, 3.63) is 89.7 Å². The number of benzene rings is 3. The fourth-order valence-electron chi connectivity index (χ4n) is 2.93. The Labute approximate surface area is 167 Å². The van der Waals surface area contributed by atoms with Crippen LogP contribution in [-0.2, 0) is 6.54 Å². The Morgan fingerprint density at radius 2 is 1.74 bits per heavy atom. The number of fused-ring (bicyclic) bond motifs is 1. The van der Waals surface area contributed by atoms with Crippen molar-refractivity contribution in [3.8, 4) is 0 Å². The van der Waals surface area contributed by atoms with Crippen molar-refractivity contribution < 1.29 is 0 Å². The number of nitrogens with one attached hydrogen (secondary N) is 2. The molecular formula is C21H17ClN4S. The van der Waals surface area contributed by atoms with Gasteiger partial charge in [0.15, 0.2) is 5.11 Å². The van der Waals surface area contributed by atoms with E-state index in [1.807, 2.05) is 59.4 Å².